The highest BCUT2D eigenvalue weighted by atomic mass is 32.2. The van der Waals surface area contributed by atoms with E-state index in [0.29, 0.717) is 34.6 Å². The van der Waals surface area contributed by atoms with Gasteiger partial charge in [-0.2, -0.15) is 0 Å². The first kappa shape index (κ1) is 21.4. The van der Waals surface area contributed by atoms with E-state index in [1.165, 1.54) is 34.8 Å². The smallest absolute Gasteiger partial charge is 0.242 e. The third kappa shape index (κ3) is 3.70. The Bertz CT molecular complexity index is 1350. The number of aromatic nitrogens is 5. The van der Waals surface area contributed by atoms with Crippen molar-refractivity contribution in [3.8, 4) is 11.4 Å². The standard InChI is InChI=1S/C19H23N7O3S2/c1-5-25-16-7-6-13(31(27,28)24(3)4)10-15(16)21-17(25)11-30-19-23-22-18(26(19)20)14-8-9-29-12(14)2/h6-10H,5,11,20H2,1-4H3. The zero-order valence-corrected chi connectivity index (χ0v) is 19.2. The first-order valence-corrected chi connectivity index (χ1v) is 12.0. The normalized spacial score (nSPS) is 12.3. The van der Waals surface area contributed by atoms with Gasteiger partial charge in [0.15, 0.2) is 5.82 Å². The minimum absolute atomic E-state index is 0.215. The maximum absolute atomic E-state index is 12.5. The van der Waals surface area contributed by atoms with Crippen LogP contribution in [0.3, 0.4) is 0 Å². The van der Waals surface area contributed by atoms with E-state index in [9.17, 15) is 8.42 Å². The highest BCUT2D eigenvalue weighted by molar-refractivity contribution is 7.98. The monoisotopic (exact) mass is 461 g/mol. The average molecular weight is 462 g/mol. The van der Waals surface area contributed by atoms with Crippen molar-refractivity contribution in [3.63, 3.8) is 0 Å². The van der Waals surface area contributed by atoms with Crippen LogP contribution in [-0.2, 0) is 22.3 Å². The fourth-order valence-corrected chi connectivity index (χ4v) is 5.02. The highest BCUT2D eigenvalue weighted by Crippen LogP contribution is 2.28. The number of thioether (sulfide) groups is 1. The van der Waals surface area contributed by atoms with Crippen molar-refractivity contribution < 1.29 is 12.8 Å². The van der Waals surface area contributed by atoms with Crippen molar-refractivity contribution in [2.24, 2.45) is 0 Å². The molecular weight excluding hydrogens is 438 g/mol. The summed E-state index contributed by atoms with van der Waals surface area (Å²) in [6, 6.07) is 6.81. The summed E-state index contributed by atoms with van der Waals surface area (Å²) in [5, 5.41) is 8.91. The van der Waals surface area contributed by atoms with Crippen LogP contribution in [0, 0.1) is 6.92 Å². The Morgan fingerprint density at radius 3 is 2.65 bits per heavy atom. The second-order valence-electron chi connectivity index (χ2n) is 7.07. The minimum atomic E-state index is -3.53. The summed E-state index contributed by atoms with van der Waals surface area (Å²) in [7, 11) is -0.512. The van der Waals surface area contributed by atoms with E-state index >= 15 is 0 Å². The maximum atomic E-state index is 12.5. The summed E-state index contributed by atoms with van der Waals surface area (Å²) in [6.07, 6.45) is 1.58. The van der Waals surface area contributed by atoms with Crippen molar-refractivity contribution in [2.75, 3.05) is 19.9 Å². The third-order valence-electron chi connectivity index (χ3n) is 4.99. The number of benzene rings is 1. The summed E-state index contributed by atoms with van der Waals surface area (Å²) in [4.78, 5) is 4.89. The molecule has 4 aromatic rings. The molecule has 0 spiro atoms. The Kier molecular flexibility index (Phi) is 5.54. The molecule has 4 rings (SSSR count). The van der Waals surface area contributed by atoms with Gasteiger partial charge in [0.2, 0.25) is 15.2 Å². The van der Waals surface area contributed by atoms with Crippen LogP contribution in [0.2, 0.25) is 0 Å². The van der Waals surface area contributed by atoms with Gasteiger partial charge in [0.05, 0.1) is 33.5 Å². The van der Waals surface area contributed by atoms with E-state index in [-0.39, 0.29) is 4.90 Å². The molecule has 0 aliphatic carbocycles. The van der Waals surface area contributed by atoms with Gasteiger partial charge in [-0.3, -0.25) is 0 Å². The largest absolute Gasteiger partial charge is 0.469 e. The molecule has 0 aliphatic rings. The summed E-state index contributed by atoms with van der Waals surface area (Å²) in [6.45, 7) is 4.55. The number of rotatable bonds is 7. The lowest BCUT2D eigenvalue weighted by atomic mass is 10.2. The predicted octanol–water partition coefficient (Wildman–Crippen LogP) is 2.47. The van der Waals surface area contributed by atoms with Gasteiger partial charge in [0.1, 0.15) is 11.6 Å². The quantitative estimate of drug-likeness (QED) is 0.329. The number of nitrogens with zero attached hydrogens (tertiary/aromatic N) is 6. The van der Waals surface area contributed by atoms with Crippen LogP contribution in [0.5, 0.6) is 0 Å². The summed E-state index contributed by atoms with van der Waals surface area (Å²) >= 11 is 1.41. The lowest BCUT2D eigenvalue weighted by molar-refractivity contribution is 0.521. The number of nitrogens with two attached hydrogens (primary N) is 1. The molecule has 0 bridgehead atoms. The summed E-state index contributed by atoms with van der Waals surface area (Å²) in [5.74, 6) is 8.73. The fraction of sp³-hybridized carbons (Fsp3) is 0.316. The van der Waals surface area contributed by atoms with Gasteiger partial charge in [-0.25, -0.2) is 22.4 Å². The van der Waals surface area contributed by atoms with Crippen LogP contribution < -0.4 is 5.84 Å². The Balaban J connectivity index is 1.63. The first-order chi connectivity index (χ1) is 14.7. The van der Waals surface area contributed by atoms with Crippen LogP contribution in [0.4, 0.5) is 0 Å². The van der Waals surface area contributed by atoms with E-state index in [1.807, 2.05) is 18.4 Å². The molecule has 12 heteroatoms. The van der Waals surface area contributed by atoms with Crippen molar-refractivity contribution >= 4 is 32.8 Å². The van der Waals surface area contributed by atoms with Crippen molar-refractivity contribution in [1.82, 2.24) is 28.7 Å². The van der Waals surface area contributed by atoms with E-state index < -0.39 is 10.0 Å². The number of imidazole rings is 1. The molecule has 164 valence electrons. The first-order valence-electron chi connectivity index (χ1n) is 9.53. The molecule has 0 radical (unpaired) electrons. The number of hydrogen-bond donors (Lipinski definition) is 1. The molecule has 3 heterocycles. The van der Waals surface area contributed by atoms with Gasteiger partial charge in [-0.05, 0) is 38.1 Å². The lowest BCUT2D eigenvalue weighted by Crippen LogP contribution is -2.22. The number of aryl methyl sites for hydroxylation is 2. The van der Waals surface area contributed by atoms with Gasteiger partial charge >= 0.3 is 0 Å². The fourth-order valence-electron chi connectivity index (χ4n) is 3.30. The zero-order valence-electron chi connectivity index (χ0n) is 17.6. The number of nitrogen functional groups attached to an aromatic ring is 1. The van der Waals surface area contributed by atoms with Gasteiger partial charge in [0, 0.05) is 20.6 Å². The SMILES string of the molecule is CCn1c(CSc2nnc(-c3ccoc3C)n2N)nc2cc(S(=O)(=O)N(C)C)ccc21. The van der Waals surface area contributed by atoms with E-state index in [0.717, 1.165) is 16.9 Å². The third-order valence-corrected chi connectivity index (χ3v) is 7.74. The molecule has 0 saturated heterocycles. The zero-order chi connectivity index (χ0) is 22.3. The van der Waals surface area contributed by atoms with Crippen LogP contribution in [0.1, 0.15) is 18.5 Å². The van der Waals surface area contributed by atoms with Gasteiger partial charge < -0.3 is 14.8 Å². The van der Waals surface area contributed by atoms with Crippen LogP contribution in [0.15, 0.2) is 45.0 Å². The number of hydrogen-bond acceptors (Lipinski definition) is 8. The number of furan rings is 1. The topological polar surface area (TPSA) is 125 Å². The minimum Gasteiger partial charge on any atom is -0.469 e. The highest BCUT2D eigenvalue weighted by Gasteiger charge is 2.20. The second kappa shape index (κ2) is 8.02. The molecule has 31 heavy (non-hydrogen) atoms. The number of sulfonamides is 1. The predicted molar refractivity (Wildman–Crippen MR) is 118 cm³/mol. The Morgan fingerprint density at radius 2 is 2.00 bits per heavy atom. The van der Waals surface area contributed by atoms with Crippen LogP contribution >= 0.6 is 11.8 Å². The van der Waals surface area contributed by atoms with Crippen LogP contribution in [0.25, 0.3) is 22.4 Å². The molecule has 0 aliphatic heterocycles. The van der Waals surface area contributed by atoms with E-state index in [2.05, 4.69) is 15.2 Å². The van der Waals surface area contributed by atoms with Gasteiger partial charge in [-0.15, -0.1) is 10.2 Å². The lowest BCUT2D eigenvalue weighted by Gasteiger charge is -2.11. The summed E-state index contributed by atoms with van der Waals surface area (Å²) in [5.41, 5.74) is 2.29. The van der Waals surface area contributed by atoms with Crippen molar-refractivity contribution in [1.29, 1.82) is 0 Å². The van der Waals surface area contributed by atoms with Crippen molar-refractivity contribution in [3.05, 3.63) is 42.1 Å². The van der Waals surface area contributed by atoms with E-state index in [1.54, 1.807) is 30.5 Å². The average Bonchev–Trinajstić information content (AvgIpc) is 3.41. The molecule has 0 atom stereocenters. The molecule has 1 aromatic carbocycles. The number of fused-ring (bicyclic) bond motifs is 1. The Morgan fingerprint density at radius 1 is 1.23 bits per heavy atom. The molecule has 10 nitrogen and oxygen atoms in total. The molecule has 0 saturated carbocycles. The van der Waals surface area contributed by atoms with Crippen LogP contribution in [-0.4, -0.2) is 51.2 Å². The van der Waals surface area contributed by atoms with E-state index in [4.69, 9.17) is 10.3 Å². The molecule has 2 N–H and O–H groups in total. The molecule has 0 unspecified atom stereocenters. The van der Waals surface area contributed by atoms with Gasteiger partial charge in [0.25, 0.3) is 0 Å². The second-order valence-corrected chi connectivity index (χ2v) is 10.2. The Hall–Kier alpha value is -2.83. The van der Waals surface area contributed by atoms with Crippen molar-refractivity contribution in [2.45, 2.75) is 36.2 Å². The van der Waals surface area contributed by atoms with Gasteiger partial charge in [-0.1, -0.05) is 11.8 Å². The Labute approximate surface area is 184 Å². The molecule has 0 fully saturated rings. The molecule has 3 aromatic heterocycles. The molecule has 0 amide bonds. The summed E-state index contributed by atoms with van der Waals surface area (Å²) < 4.78 is 34.9. The maximum Gasteiger partial charge on any atom is 0.242 e. The molecular formula is C19H23N7O3S2.